The summed E-state index contributed by atoms with van der Waals surface area (Å²) in [5.41, 5.74) is -0.0235. The van der Waals surface area contributed by atoms with Gasteiger partial charge in [-0.15, -0.1) is 0 Å². The summed E-state index contributed by atoms with van der Waals surface area (Å²) in [4.78, 5) is 12.2. The molecule has 2 heterocycles. The molecule has 6 nitrogen and oxygen atoms in total. The Labute approximate surface area is 156 Å². The van der Waals surface area contributed by atoms with Gasteiger partial charge in [0.2, 0.25) is 0 Å². The fraction of sp³-hybridized carbons (Fsp3) is 0.333. The molecule has 8 heteroatoms. The second kappa shape index (κ2) is 5.74. The molecule has 26 heavy (non-hydrogen) atoms. The third kappa shape index (κ3) is 2.69. The van der Waals surface area contributed by atoms with Gasteiger partial charge in [-0.05, 0) is 39.8 Å². The van der Waals surface area contributed by atoms with E-state index in [1.807, 2.05) is 45.9 Å². The summed E-state index contributed by atoms with van der Waals surface area (Å²) >= 11 is 1.45. The molecule has 2 aromatic rings. The number of nitrogens with zero attached hydrogens (tertiary/aromatic N) is 1. The number of hydrogen-bond acceptors (Lipinski definition) is 6. The maximum Gasteiger partial charge on any atom is 0.498 e. The number of benzene rings is 2. The van der Waals surface area contributed by atoms with Crippen molar-refractivity contribution in [3.63, 3.8) is 0 Å². The van der Waals surface area contributed by atoms with Gasteiger partial charge in [0.1, 0.15) is 11.5 Å². The van der Waals surface area contributed by atoms with Crippen molar-refractivity contribution in [3.05, 3.63) is 46.5 Å². The summed E-state index contributed by atoms with van der Waals surface area (Å²) in [6.45, 7) is 8.03. The topological polar surface area (TPSA) is 70.8 Å². The Bertz CT molecular complexity index is 898. The van der Waals surface area contributed by atoms with Crippen molar-refractivity contribution in [1.82, 2.24) is 0 Å². The van der Waals surface area contributed by atoms with E-state index in [4.69, 9.17) is 14.0 Å². The predicted molar refractivity (Wildman–Crippen MR) is 99.5 cm³/mol. The van der Waals surface area contributed by atoms with Crippen LogP contribution >= 0.6 is 11.8 Å². The van der Waals surface area contributed by atoms with Crippen molar-refractivity contribution < 1.29 is 19.0 Å². The quantitative estimate of drug-likeness (QED) is 0.383. The molecular weight excluding hydrogens is 353 g/mol. The highest BCUT2D eigenvalue weighted by atomic mass is 32.2. The minimum Gasteiger partial charge on any atom is -0.455 e. The van der Waals surface area contributed by atoms with E-state index in [0.717, 1.165) is 15.3 Å². The molecule has 0 N–H and O–H groups in total. The zero-order valence-corrected chi connectivity index (χ0v) is 15.8. The molecule has 0 atom stereocenters. The molecule has 2 aliphatic heterocycles. The zero-order chi connectivity index (χ0) is 18.7. The molecule has 1 fully saturated rings. The van der Waals surface area contributed by atoms with Crippen LogP contribution < -0.4 is 10.2 Å². The van der Waals surface area contributed by atoms with Crippen LogP contribution in [0.15, 0.2) is 46.2 Å². The highest BCUT2D eigenvalue weighted by Crippen LogP contribution is 2.48. The molecule has 0 aromatic heterocycles. The van der Waals surface area contributed by atoms with E-state index in [-0.39, 0.29) is 5.69 Å². The van der Waals surface area contributed by atoms with Gasteiger partial charge in [0, 0.05) is 17.6 Å². The summed E-state index contributed by atoms with van der Waals surface area (Å²) in [7, 11) is -0.532. The molecule has 2 aromatic carbocycles. The Kier molecular flexibility index (Phi) is 3.84. The van der Waals surface area contributed by atoms with Crippen LogP contribution in [0.4, 0.5) is 5.69 Å². The van der Waals surface area contributed by atoms with Crippen molar-refractivity contribution in [3.8, 4) is 11.5 Å². The first kappa shape index (κ1) is 17.4. The maximum absolute atomic E-state index is 11.0. The summed E-state index contributed by atoms with van der Waals surface area (Å²) < 4.78 is 18.4. The summed E-state index contributed by atoms with van der Waals surface area (Å²) in [6.07, 6.45) is 0. The van der Waals surface area contributed by atoms with Gasteiger partial charge in [-0.1, -0.05) is 23.9 Å². The molecular formula is C18H18BNO5S. The summed E-state index contributed by atoms with van der Waals surface area (Å²) in [5, 5.41) is 11.0. The monoisotopic (exact) mass is 371 g/mol. The van der Waals surface area contributed by atoms with Crippen molar-refractivity contribution in [1.29, 1.82) is 0 Å². The molecule has 0 unspecified atom stereocenters. The normalized spacial score (nSPS) is 19.5. The second-order valence-electron chi connectivity index (χ2n) is 7.36. The van der Waals surface area contributed by atoms with Crippen LogP contribution in [0, 0.1) is 10.1 Å². The molecule has 0 bridgehead atoms. The number of nitro benzene ring substituents is 1. The van der Waals surface area contributed by atoms with Gasteiger partial charge in [-0.25, -0.2) is 0 Å². The van der Waals surface area contributed by atoms with E-state index in [1.165, 1.54) is 23.9 Å². The average molecular weight is 371 g/mol. The van der Waals surface area contributed by atoms with E-state index in [1.54, 1.807) is 6.07 Å². The third-order valence-corrected chi connectivity index (χ3v) is 6.17. The zero-order valence-electron chi connectivity index (χ0n) is 14.9. The molecule has 4 rings (SSSR count). The van der Waals surface area contributed by atoms with Gasteiger partial charge in [-0.3, -0.25) is 10.1 Å². The van der Waals surface area contributed by atoms with Crippen LogP contribution in [-0.2, 0) is 9.31 Å². The highest BCUT2D eigenvalue weighted by molar-refractivity contribution is 7.99. The van der Waals surface area contributed by atoms with Crippen molar-refractivity contribution >= 4 is 30.0 Å². The largest absolute Gasteiger partial charge is 0.498 e. The lowest BCUT2D eigenvalue weighted by molar-refractivity contribution is -0.385. The van der Waals surface area contributed by atoms with E-state index < -0.39 is 23.2 Å². The van der Waals surface area contributed by atoms with E-state index in [2.05, 4.69) is 0 Å². The second-order valence-corrected chi connectivity index (χ2v) is 8.44. The van der Waals surface area contributed by atoms with E-state index >= 15 is 0 Å². The fourth-order valence-corrected chi connectivity index (χ4v) is 3.91. The minimum atomic E-state index is -0.532. The third-order valence-electron chi connectivity index (χ3n) is 5.09. The molecule has 0 radical (unpaired) electrons. The summed E-state index contributed by atoms with van der Waals surface area (Å²) in [6, 6.07) is 10.4. The van der Waals surface area contributed by atoms with Crippen LogP contribution in [0.2, 0.25) is 0 Å². The Morgan fingerprint density at radius 1 is 1.04 bits per heavy atom. The highest BCUT2D eigenvalue weighted by Gasteiger charge is 2.52. The standard InChI is InChI=1S/C18H18BNO5S/c1-17(2)18(3,4)25-19(24-17)12-6-5-7-14-16(12)23-13-9-8-11(20(21)22)10-15(13)26-14/h5-10H,1-4H3. The molecule has 0 spiro atoms. The first-order valence-electron chi connectivity index (χ1n) is 8.31. The minimum absolute atomic E-state index is 0.0467. The smallest absolute Gasteiger partial charge is 0.455 e. The van der Waals surface area contributed by atoms with Crippen LogP contribution in [0.5, 0.6) is 11.5 Å². The van der Waals surface area contributed by atoms with Crippen LogP contribution in [0.1, 0.15) is 27.7 Å². The lowest BCUT2D eigenvalue weighted by atomic mass is 9.78. The molecule has 134 valence electrons. The van der Waals surface area contributed by atoms with E-state index in [0.29, 0.717) is 11.5 Å². The number of rotatable bonds is 2. The predicted octanol–water partition coefficient (Wildman–Crippen LogP) is 4.15. The Morgan fingerprint density at radius 3 is 2.38 bits per heavy atom. The van der Waals surface area contributed by atoms with Crippen LogP contribution in [-0.4, -0.2) is 23.2 Å². The van der Waals surface area contributed by atoms with Gasteiger partial charge < -0.3 is 14.0 Å². The van der Waals surface area contributed by atoms with Crippen LogP contribution in [0.25, 0.3) is 0 Å². The molecule has 0 aliphatic carbocycles. The summed E-state index contributed by atoms with van der Waals surface area (Å²) in [5.74, 6) is 1.27. The molecule has 0 amide bonds. The Morgan fingerprint density at radius 2 is 1.73 bits per heavy atom. The van der Waals surface area contributed by atoms with Crippen molar-refractivity contribution in [2.45, 2.75) is 48.7 Å². The van der Waals surface area contributed by atoms with Crippen LogP contribution in [0.3, 0.4) is 0 Å². The number of non-ortho nitro benzene ring substituents is 1. The van der Waals surface area contributed by atoms with Crippen molar-refractivity contribution in [2.75, 3.05) is 0 Å². The van der Waals surface area contributed by atoms with Gasteiger partial charge in [0.05, 0.1) is 25.9 Å². The van der Waals surface area contributed by atoms with Gasteiger partial charge in [0.25, 0.3) is 5.69 Å². The van der Waals surface area contributed by atoms with Gasteiger partial charge in [-0.2, -0.15) is 0 Å². The molecule has 1 saturated heterocycles. The number of para-hydroxylation sites is 1. The lowest BCUT2D eigenvalue weighted by Gasteiger charge is -2.32. The van der Waals surface area contributed by atoms with E-state index in [9.17, 15) is 10.1 Å². The maximum atomic E-state index is 11.0. The van der Waals surface area contributed by atoms with Gasteiger partial charge in [0.15, 0.2) is 0 Å². The number of hydrogen-bond donors (Lipinski definition) is 0. The lowest BCUT2D eigenvalue weighted by Crippen LogP contribution is -2.41. The Hall–Kier alpha value is -2.03. The first-order valence-corrected chi connectivity index (χ1v) is 9.12. The number of ether oxygens (including phenoxy) is 1. The molecule has 0 saturated carbocycles. The van der Waals surface area contributed by atoms with Gasteiger partial charge >= 0.3 is 7.12 Å². The Balaban J connectivity index is 1.71. The number of nitro groups is 1. The molecule has 2 aliphatic rings. The fourth-order valence-electron chi connectivity index (χ4n) is 2.88. The average Bonchev–Trinajstić information content (AvgIpc) is 2.79. The number of fused-ring (bicyclic) bond motifs is 2. The SMILES string of the molecule is CC1(C)OB(c2cccc3c2Oc2ccc([N+](=O)[O-])cc2S3)OC1(C)C. The first-order chi connectivity index (χ1) is 12.2. The van der Waals surface area contributed by atoms with Crippen molar-refractivity contribution in [2.24, 2.45) is 0 Å².